The van der Waals surface area contributed by atoms with Crippen molar-refractivity contribution in [1.29, 1.82) is 5.26 Å². The fourth-order valence-electron chi connectivity index (χ4n) is 2.67. The largest absolute Gasteiger partial charge is 0.241 e. The number of rotatable bonds is 3. The zero-order chi connectivity index (χ0) is 15.7. The molecular weight excluding hydrogens is 320 g/mol. The van der Waals surface area contributed by atoms with E-state index in [9.17, 15) is 8.42 Å². The first-order chi connectivity index (χ1) is 10.5. The number of sulfonamides is 1. The molecule has 2 aromatic carbocycles. The minimum atomic E-state index is -3.61. The van der Waals surface area contributed by atoms with Crippen LogP contribution in [-0.4, -0.2) is 8.42 Å². The molecule has 0 bridgehead atoms. The fourth-order valence-corrected chi connectivity index (χ4v) is 4.12. The van der Waals surface area contributed by atoms with Crippen molar-refractivity contribution in [2.45, 2.75) is 23.8 Å². The topological polar surface area (TPSA) is 70.0 Å². The van der Waals surface area contributed by atoms with Crippen molar-refractivity contribution in [2.24, 2.45) is 0 Å². The molecule has 1 N–H and O–H groups in total. The minimum absolute atomic E-state index is 0.161. The van der Waals surface area contributed by atoms with E-state index >= 15 is 0 Å². The van der Waals surface area contributed by atoms with Crippen LogP contribution in [0.15, 0.2) is 47.4 Å². The molecule has 112 valence electrons. The molecule has 0 saturated carbocycles. The molecule has 0 saturated heterocycles. The zero-order valence-electron chi connectivity index (χ0n) is 11.6. The van der Waals surface area contributed by atoms with Crippen molar-refractivity contribution < 1.29 is 8.42 Å². The van der Waals surface area contributed by atoms with Gasteiger partial charge in [0.1, 0.15) is 0 Å². The Morgan fingerprint density at radius 1 is 1.18 bits per heavy atom. The van der Waals surface area contributed by atoms with E-state index < -0.39 is 10.0 Å². The first kappa shape index (κ1) is 15.0. The van der Waals surface area contributed by atoms with Gasteiger partial charge in [-0.3, -0.25) is 0 Å². The van der Waals surface area contributed by atoms with Gasteiger partial charge in [-0.1, -0.05) is 17.7 Å². The molecule has 22 heavy (non-hydrogen) atoms. The first-order valence-corrected chi connectivity index (χ1v) is 8.66. The van der Waals surface area contributed by atoms with E-state index in [-0.39, 0.29) is 10.9 Å². The number of fused-ring (bicyclic) bond motifs is 1. The SMILES string of the molecule is N#Cc1ccc(S(=O)(=O)NC2CCc3cc(Cl)ccc32)cc1. The average molecular weight is 333 g/mol. The lowest BCUT2D eigenvalue weighted by Crippen LogP contribution is -2.27. The molecule has 1 aliphatic rings. The van der Waals surface area contributed by atoms with E-state index in [0.717, 1.165) is 17.5 Å². The van der Waals surface area contributed by atoms with Crippen LogP contribution in [0.3, 0.4) is 0 Å². The lowest BCUT2D eigenvalue weighted by atomic mass is 10.1. The molecule has 4 nitrogen and oxygen atoms in total. The van der Waals surface area contributed by atoms with Gasteiger partial charge in [-0.05, 0) is 60.4 Å². The van der Waals surface area contributed by atoms with Crippen LogP contribution >= 0.6 is 11.6 Å². The quantitative estimate of drug-likeness (QED) is 0.938. The Hall–Kier alpha value is -1.87. The van der Waals surface area contributed by atoms with E-state index in [0.29, 0.717) is 17.0 Å². The van der Waals surface area contributed by atoms with Crippen LogP contribution in [-0.2, 0) is 16.4 Å². The fraction of sp³-hybridized carbons (Fsp3) is 0.188. The Morgan fingerprint density at radius 3 is 2.59 bits per heavy atom. The standard InChI is InChI=1S/C16H13ClN2O2S/c17-13-4-7-15-12(9-13)3-8-16(15)19-22(20,21)14-5-1-11(10-18)2-6-14/h1-2,4-7,9,16,19H,3,8H2. The van der Waals surface area contributed by atoms with Gasteiger partial charge in [0.05, 0.1) is 16.5 Å². The summed E-state index contributed by atoms with van der Waals surface area (Å²) >= 11 is 5.96. The Balaban J connectivity index is 1.86. The predicted octanol–water partition coefficient (Wildman–Crippen LogP) is 3.18. The molecule has 0 aliphatic heterocycles. The monoisotopic (exact) mass is 332 g/mol. The van der Waals surface area contributed by atoms with E-state index in [1.165, 1.54) is 24.3 Å². The Kier molecular flexibility index (Phi) is 3.92. The number of hydrogen-bond acceptors (Lipinski definition) is 3. The van der Waals surface area contributed by atoms with E-state index in [1.807, 2.05) is 18.2 Å². The van der Waals surface area contributed by atoms with Crippen LogP contribution < -0.4 is 4.72 Å². The van der Waals surface area contributed by atoms with Crippen molar-refractivity contribution in [3.63, 3.8) is 0 Å². The van der Waals surface area contributed by atoms with Crippen molar-refractivity contribution in [1.82, 2.24) is 4.72 Å². The summed E-state index contributed by atoms with van der Waals surface area (Å²) in [5, 5.41) is 9.43. The van der Waals surface area contributed by atoms with Crippen molar-refractivity contribution in [3.05, 3.63) is 64.2 Å². The zero-order valence-corrected chi connectivity index (χ0v) is 13.2. The van der Waals surface area contributed by atoms with Gasteiger partial charge in [0.25, 0.3) is 0 Å². The summed E-state index contributed by atoms with van der Waals surface area (Å²) in [4.78, 5) is 0.161. The lowest BCUT2D eigenvalue weighted by Gasteiger charge is -2.14. The molecule has 0 fully saturated rings. The minimum Gasteiger partial charge on any atom is -0.207 e. The molecule has 1 unspecified atom stereocenters. The van der Waals surface area contributed by atoms with Crippen molar-refractivity contribution in [3.8, 4) is 6.07 Å². The molecule has 1 atom stereocenters. The second-order valence-corrected chi connectivity index (χ2v) is 7.34. The highest BCUT2D eigenvalue weighted by Crippen LogP contribution is 2.33. The lowest BCUT2D eigenvalue weighted by molar-refractivity contribution is 0.554. The molecule has 0 amide bonds. The summed E-state index contributed by atoms with van der Waals surface area (Å²) in [6, 6.07) is 13.1. The van der Waals surface area contributed by atoms with Gasteiger partial charge in [0, 0.05) is 11.1 Å². The molecule has 3 rings (SSSR count). The van der Waals surface area contributed by atoms with Gasteiger partial charge in [-0.2, -0.15) is 5.26 Å². The van der Waals surface area contributed by atoms with Crippen LogP contribution in [0.1, 0.15) is 29.2 Å². The molecule has 6 heteroatoms. The number of aryl methyl sites for hydroxylation is 1. The maximum Gasteiger partial charge on any atom is 0.241 e. The number of nitrogens with one attached hydrogen (secondary N) is 1. The molecule has 0 spiro atoms. The van der Waals surface area contributed by atoms with E-state index in [2.05, 4.69) is 4.72 Å². The van der Waals surface area contributed by atoms with Crippen molar-refractivity contribution >= 4 is 21.6 Å². The van der Waals surface area contributed by atoms with Gasteiger partial charge >= 0.3 is 0 Å². The highest BCUT2D eigenvalue weighted by Gasteiger charge is 2.27. The predicted molar refractivity (Wildman–Crippen MR) is 84.0 cm³/mol. The first-order valence-electron chi connectivity index (χ1n) is 6.80. The number of nitrogens with zero attached hydrogens (tertiary/aromatic N) is 1. The third-order valence-electron chi connectivity index (χ3n) is 3.77. The summed E-state index contributed by atoms with van der Waals surface area (Å²) in [6.45, 7) is 0. The smallest absolute Gasteiger partial charge is 0.207 e. The Bertz CT molecular complexity index is 855. The van der Waals surface area contributed by atoms with Gasteiger partial charge in [0.15, 0.2) is 0 Å². The summed E-state index contributed by atoms with van der Waals surface area (Å²) in [5.74, 6) is 0. The number of nitriles is 1. The molecule has 0 heterocycles. The van der Waals surface area contributed by atoms with Crippen LogP contribution in [0, 0.1) is 11.3 Å². The maximum absolute atomic E-state index is 12.4. The van der Waals surface area contributed by atoms with Gasteiger partial charge in [-0.15, -0.1) is 0 Å². The molecule has 0 aromatic heterocycles. The third kappa shape index (κ3) is 2.86. The Morgan fingerprint density at radius 2 is 1.91 bits per heavy atom. The highest BCUT2D eigenvalue weighted by molar-refractivity contribution is 7.89. The van der Waals surface area contributed by atoms with Gasteiger partial charge in [-0.25, -0.2) is 13.1 Å². The summed E-state index contributed by atoms with van der Waals surface area (Å²) in [5.41, 5.74) is 2.49. The molecule has 0 radical (unpaired) electrons. The normalized spacial score (nSPS) is 17.0. The van der Waals surface area contributed by atoms with Crippen LogP contribution in [0.2, 0.25) is 5.02 Å². The molecule has 1 aliphatic carbocycles. The molecule has 2 aromatic rings. The number of halogens is 1. The number of hydrogen-bond donors (Lipinski definition) is 1. The maximum atomic E-state index is 12.4. The van der Waals surface area contributed by atoms with Crippen LogP contribution in [0.5, 0.6) is 0 Å². The summed E-state index contributed by atoms with van der Waals surface area (Å²) in [7, 11) is -3.61. The van der Waals surface area contributed by atoms with Crippen molar-refractivity contribution in [2.75, 3.05) is 0 Å². The third-order valence-corrected chi connectivity index (χ3v) is 5.50. The van der Waals surface area contributed by atoms with E-state index in [1.54, 1.807) is 6.07 Å². The molecular formula is C16H13ClN2O2S. The van der Waals surface area contributed by atoms with Crippen LogP contribution in [0.4, 0.5) is 0 Å². The Labute approximate surface area is 134 Å². The average Bonchev–Trinajstić information content (AvgIpc) is 2.89. The van der Waals surface area contributed by atoms with Gasteiger partial charge in [0.2, 0.25) is 10.0 Å². The highest BCUT2D eigenvalue weighted by atomic mass is 35.5. The van der Waals surface area contributed by atoms with Gasteiger partial charge < -0.3 is 0 Å². The second kappa shape index (κ2) is 5.73. The summed E-state index contributed by atoms with van der Waals surface area (Å²) in [6.07, 6.45) is 1.52. The van der Waals surface area contributed by atoms with Crippen LogP contribution in [0.25, 0.3) is 0 Å². The van der Waals surface area contributed by atoms with E-state index in [4.69, 9.17) is 16.9 Å². The summed E-state index contributed by atoms with van der Waals surface area (Å²) < 4.78 is 27.6. The second-order valence-electron chi connectivity index (χ2n) is 5.19. The number of benzene rings is 2.